The number of hydrogen-bond acceptors (Lipinski definition) is 2. The van der Waals surface area contributed by atoms with Crippen LogP contribution in [0.4, 0.5) is 0 Å². The minimum absolute atomic E-state index is 0.768. The van der Waals surface area contributed by atoms with Crippen molar-refractivity contribution < 1.29 is 0 Å². The van der Waals surface area contributed by atoms with E-state index in [1.165, 1.54) is 38.9 Å². The summed E-state index contributed by atoms with van der Waals surface area (Å²) in [6, 6.07) is 0.768. The third kappa shape index (κ3) is 4.10. The molecule has 1 heterocycles. The largest absolute Gasteiger partial charge is 0.315 e. The van der Waals surface area contributed by atoms with Gasteiger partial charge in [-0.05, 0) is 32.4 Å². The molecule has 0 radical (unpaired) electrons. The van der Waals surface area contributed by atoms with Crippen molar-refractivity contribution >= 4 is 0 Å². The van der Waals surface area contributed by atoms with Gasteiger partial charge in [0.2, 0.25) is 0 Å². The molecule has 0 amide bonds. The Bertz CT molecular complexity index is 126. The van der Waals surface area contributed by atoms with Crippen molar-refractivity contribution in [3.63, 3.8) is 0 Å². The van der Waals surface area contributed by atoms with Crippen LogP contribution >= 0.6 is 0 Å². The standard InChI is InChI=1S/C11H24N2/c1-10(2)9-13(3)11-6-4-5-7-12-8-11/h10-12H,4-9H2,1-3H3. The molecule has 1 rings (SSSR count). The van der Waals surface area contributed by atoms with Crippen LogP contribution in [0.3, 0.4) is 0 Å². The molecule has 2 heteroatoms. The molecule has 78 valence electrons. The van der Waals surface area contributed by atoms with E-state index in [1.54, 1.807) is 0 Å². The van der Waals surface area contributed by atoms with Gasteiger partial charge in [0.1, 0.15) is 0 Å². The van der Waals surface area contributed by atoms with Gasteiger partial charge in [-0.25, -0.2) is 0 Å². The number of hydrogen-bond donors (Lipinski definition) is 1. The van der Waals surface area contributed by atoms with Crippen LogP contribution in [0, 0.1) is 5.92 Å². The molecule has 0 aromatic carbocycles. The smallest absolute Gasteiger partial charge is 0.0217 e. The molecule has 2 nitrogen and oxygen atoms in total. The quantitative estimate of drug-likeness (QED) is 0.718. The Morgan fingerprint density at radius 2 is 2.15 bits per heavy atom. The first-order valence-corrected chi connectivity index (χ1v) is 5.61. The minimum Gasteiger partial charge on any atom is -0.315 e. The van der Waals surface area contributed by atoms with E-state index in [4.69, 9.17) is 0 Å². The Morgan fingerprint density at radius 1 is 1.38 bits per heavy atom. The van der Waals surface area contributed by atoms with E-state index in [-0.39, 0.29) is 0 Å². The van der Waals surface area contributed by atoms with Gasteiger partial charge in [-0.2, -0.15) is 0 Å². The maximum absolute atomic E-state index is 3.51. The molecule has 13 heavy (non-hydrogen) atoms. The van der Waals surface area contributed by atoms with Crippen molar-refractivity contribution in [2.75, 3.05) is 26.7 Å². The van der Waals surface area contributed by atoms with E-state index in [9.17, 15) is 0 Å². The van der Waals surface area contributed by atoms with Gasteiger partial charge in [-0.15, -0.1) is 0 Å². The third-order valence-corrected chi connectivity index (χ3v) is 2.80. The summed E-state index contributed by atoms with van der Waals surface area (Å²) in [4.78, 5) is 2.52. The van der Waals surface area contributed by atoms with Crippen molar-refractivity contribution in [3.8, 4) is 0 Å². The molecule has 1 fully saturated rings. The monoisotopic (exact) mass is 184 g/mol. The van der Waals surface area contributed by atoms with Crippen LogP contribution in [-0.2, 0) is 0 Å². The maximum Gasteiger partial charge on any atom is 0.0217 e. The van der Waals surface area contributed by atoms with Crippen molar-refractivity contribution in [2.45, 2.75) is 39.2 Å². The summed E-state index contributed by atoms with van der Waals surface area (Å²) < 4.78 is 0. The summed E-state index contributed by atoms with van der Waals surface area (Å²) in [7, 11) is 2.26. The van der Waals surface area contributed by atoms with Crippen LogP contribution in [0.2, 0.25) is 0 Å². The second-order valence-electron chi connectivity index (χ2n) is 4.69. The zero-order valence-corrected chi connectivity index (χ0v) is 9.34. The fraction of sp³-hybridized carbons (Fsp3) is 1.00. The highest BCUT2D eigenvalue weighted by Crippen LogP contribution is 2.11. The van der Waals surface area contributed by atoms with Gasteiger partial charge in [0, 0.05) is 19.1 Å². The Hall–Kier alpha value is -0.0800. The van der Waals surface area contributed by atoms with Crippen LogP contribution in [0.1, 0.15) is 33.1 Å². The molecule has 0 aliphatic carbocycles. The Morgan fingerprint density at radius 3 is 2.85 bits per heavy atom. The lowest BCUT2D eigenvalue weighted by Crippen LogP contribution is -2.40. The van der Waals surface area contributed by atoms with E-state index in [2.05, 4.69) is 31.1 Å². The fourth-order valence-electron chi connectivity index (χ4n) is 2.10. The average Bonchev–Trinajstić information content (AvgIpc) is 2.29. The fourth-order valence-corrected chi connectivity index (χ4v) is 2.10. The molecule has 0 spiro atoms. The Labute approximate surface area is 82.7 Å². The highest BCUT2D eigenvalue weighted by atomic mass is 15.1. The second-order valence-corrected chi connectivity index (χ2v) is 4.69. The van der Waals surface area contributed by atoms with Crippen LogP contribution in [-0.4, -0.2) is 37.6 Å². The molecule has 1 aliphatic heterocycles. The third-order valence-electron chi connectivity index (χ3n) is 2.80. The van der Waals surface area contributed by atoms with Gasteiger partial charge in [0.25, 0.3) is 0 Å². The van der Waals surface area contributed by atoms with E-state index < -0.39 is 0 Å². The summed E-state index contributed by atoms with van der Waals surface area (Å²) in [5.41, 5.74) is 0. The maximum atomic E-state index is 3.51. The molecule has 1 atom stereocenters. The van der Waals surface area contributed by atoms with E-state index in [1.807, 2.05) is 0 Å². The first-order chi connectivity index (χ1) is 6.20. The summed E-state index contributed by atoms with van der Waals surface area (Å²) in [6.07, 6.45) is 4.11. The molecule has 1 aliphatic rings. The van der Waals surface area contributed by atoms with Gasteiger partial charge in [-0.3, -0.25) is 0 Å². The van der Waals surface area contributed by atoms with Crippen molar-refractivity contribution in [3.05, 3.63) is 0 Å². The average molecular weight is 184 g/mol. The van der Waals surface area contributed by atoms with Gasteiger partial charge < -0.3 is 10.2 Å². The van der Waals surface area contributed by atoms with Crippen LogP contribution in [0.25, 0.3) is 0 Å². The molecule has 1 unspecified atom stereocenters. The van der Waals surface area contributed by atoms with Crippen molar-refractivity contribution in [2.24, 2.45) is 5.92 Å². The first-order valence-electron chi connectivity index (χ1n) is 5.61. The van der Waals surface area contributed by atoms with Crippen molar-refractivity contribution in [1.29, 1.82) is 0 Å². The summed E-state index contributed by atoms with van der Waals surface area (Å²) in [5, 5.41) is 3.51. The van der Waals surface area contributed by atoms with Crippen molar-refractivity contribution in [1.82, 2.24) is 10.2 Å². The predicted molar refractivity (Wildman–Crippen MR) is 58.0 cm³/mol. The summed E-state index contributed by atoms with van der Waals surface area (Å²) >= 11 is 0. The Kier molecular flexibility index (Phi) is 4.74. The van der Waals surface area contributed by atoms with Gasteiger partial charge in [-0.1, -0.05) is 20.3 Å². The number of nitrogens with zero attached hydrogens (tertiary/aromatic N) is 1. The zero-order chi connectivity index (χ0) is 9.68. The molecule has 0 aromatic heterocycles. The number of likely N-dealkylation sites (N-methyl/N-ethyl adjacent to an activating group) is 1. The highest BCUT2D eigenvalue weighted by Gasteiger charge is 2.16. The van der Waals surface area contributed by atoms with Crippen LogP contribution in [0.5, 0.6) is 0 Å². The predicted octanol–water partition coefficient (Wildman–Crippen LogP) is 1.72. The first kappa shape index (κ1) is 11.0. The normalized spacial score (nSPS) is 25.2. The lowest BCUT2D eigenvalue weighted by Gasteiger charge is -2.28. The van der Waals surface area contributed by atoms with E-state index >= 15 is 0 Å². The zero-order valence-electron chi connectivity index (χ0n) is 9.34. The van der Waals surface area contributed by atoms with E-state index in [0.29, 0.717) is 0 Å². The number of nitrogens with one attached hydrogen (secondary N) is 1. The van der Waals surface area contributed by atoms with Gasteiger partial charge in [0.05, 0.1) is 0 Å². The molecular formula is C11H24N2. The van der Waals surface area contributed by atoms with Crippen LogP contribution in [0.15, 0.2) is 0 Å². The van der Waals surface area contributed by atoms with Gasteiger partial charge >= 0.3 is 0 Å². The molecule has 0 aromatic rings. The highest BCUT2D eigenvalue weighted by molar-refractivity contribution is 4.75. The molecule has 0 bridgehead atoms. The summed E-state index contributed by atoms with van der Waals surface area (Å²) in [5.74, 6) is 0.785. The molecule has 1 saturated heterocycles. The van der Waals surface area contributed by atoms with Crippen LogP contribution < -0.4 is 5.32 Å². The topological polar surface area (TPSA) is 15.3 Å². The Balaban J connectivity index is 2.30. The number of rotatable bonds is 3. The lowest BCUT2D eigenvalue weighted by molar-refractivity contribution is 0.208. The minimum atomic E-state index is 0.768. The molecule has 1 N–H and O–H groups in total. The molecular weight excluding hydrogens is 160 g/mol. The lowest BCUT2D eigenvalue weighted by atomic mass is 10.1. The SMILES string of the molecule is CC(C)CN(C)C1CCCCNC1. The summed E-state index contributed by atoms with van der Waals surface area (Å²) in [6.45, 7) is 8.21. The van der Waals surface area contributed by atoms with E-state index in [0.717, 1.165) is 12.0 Å². The van der Waals surface area contributed by atoms with Gasteiger partial charge in [0.15, 0.2) is 0 Å². The second kappa shape index (κ2) is 5.61. The molecule has 0 saturated carbocycles.